The number of H-pyrrole nitrogens is 1. The second kappa shape index (κ2) is 6.85. The quantitative estimate of drug-likeness (QED) is 0.896. The normalized spacial score (nSPS) is 9.13. The molecule has 15 heavy (non-hydrogen) atoms. The van der Waals surface area contributed by atoms with E-state index in [1.165, 1.54) is 4.88 Å². The predicted octanol–water partition coefficient (Wildman–Crippen LogP) is 2.48. The van der Waals surface area contributed by atoms with Crippen LogP contribution in [0, 0.1) is 0 Å². The Labute approximate surface area is 105 Å². The largest absolute Gasteiger partial charge is 0.348 e. The Bertz CT molecular complexity index is 372. The van der Waals surface area contributed by atoms with Gasteiger partial charge in [0.2, 0.25) is 0 Å². The van der Waals surface area contributed by atoms with E-state index < -0.39 is 0 Å². The molecule has 2 aromatic rings. The molecule has 2 heterocycles. The molecule has 6 heteroatoms. The van der Waals surface area contributed by atoms with E-state index in [2.05, 4.69) is 21.4 Å². The molecular formula is C9H13Cl2N3S. The molecule has 3 nitrogen and oxygen atoms in total. The molecule has 3 N–H and O–H groups in total. The minimum absolute atomic E-state index is 0. The minimum atomic E-state index is 0. The Morgan fingerprint density at radius 3 is 2.80 bits per heavy atom. The van der Waals surface area contributed by atoms with Crippen molar-refractivity contribution in [3.8, 4) is 10.6 Å². The van der Waals surface area contributed by atoms with Crippen LogP contribution in [0.1, 0.15) is 5.69 Å². The molecule has 0 amide bonds. The van der Waals surface area contributed by atoms with Crippen molar-refractivity contribution < 1.29 is 0 Å². The maximum atomic E-state index is 5.50. The van der Waals surface area contributed by atoms with Crippen LogP contribution in [-0.2, 0) is 6.42 Å². The van der Waals surface area contributed by atoms with E-state index in [-0.39, 0.29) is 24.8 Å². The zero-order valence-corrected chi connectivity index (χ0v) is 10.4. The van der Waals surface area contributed by atoms with Gasteiger partial charge in [-0.1, -0.05) is 6.07 Å². The summed E-state index contributed by atoms with van der Waals surface area (Å²) in [5.41, 5.74) is 7.67. The molecule has 0 saturated heterocycles. The van der Waals surface area contributed by atoms with Gasteiger partial charge in [-0.05, 0) is 18.0 Å². The summed E-state index contributed by atoms with van der Waals surface area (Å²) in [6, 6.07) is 4.10. The fraction of sp³-hybridized carbons (Fsp3) is 0.222. The molecule has 0 aliphatic carbocycles. The highest BCUT2D eigenvalue weighted by Crippen LogP contribution is 2.25. The second-order valence-corrected chi connectivity index (χ2v) is 3.69. The molecule has 0 spiro atoms. The third kappa shape index (κ3) is 3.21. The Morgan fingerprint density at radius 2 is 2.20 bits per heavy atom. The molecule has 0 aliphatic heterocycles. The summed E-state index contributed by atoms with van der Waals surface area (Å²) in [4.78, 5) is 8.59. The van der Waals surface area contributed by atoms with Crippen molar-refractivity contribution in [3.63, 3.8) is 0 Å². The lowest BCUT2D eigenvalue weighted by molar-refractivity contribution is 0.937. The predicted molar refractivity (Wildman–Crippen MR) is 69.2 cm³/mol. The van der Waals surface area contributed by atoms with E-state index >= 15 is 0 Å². The molecule has 2 aromatic heterocycles. The molecule has 0 atom stereocenters. The number of hydrogen-bond donors (Lipinski definition) is 2. The number of rotatable bonds is 3. The number of aromatic nitrogens is 2. The summed E-state index contributed by atoms with van der Waals surface area (Å²) in [5.74, 6) is 0. The molecule has 0 unspecified atom stereocenters. The van der Waals surface area contributed by atoms with E-state index in [0.717, 1.165) is 17.8 Å². The SMILES string of the molecule is Cl.Cl.NCCc1[nH]cnc1-c1cccs1. The zero-order chi connectivity index (χ0) is 9.10. The molecule has 2 rings (SSSR count). The van der Waals surface area contributed by atoms with Crippen LogP contribution in [0.3, 0.4) is 0 Å². The number of nitrogens with zero attached hydrogens (tertiary/aromatic N) is 1. The summed E-state index contributed by atoms with van der Waals surface area (Å²) in [7, 11) is 0. The summed E-state index contributed by atoms with van der Waals surface area (Å²) in [5, 5.41) is 2.05. The van der Waals surface area contributed by atoms with Gasteiger partial charge in [-0.3, -0.25) is 0 Å². The van der Waals surface area contributed by atoms with Crippen LogP contribution in [0.2, 0.25) is 0 Å². The highest BCUT2D eigenvalue weighted by atomic mass is 35.5. The summed E-state index contributed by atoms with van der Waals surface area (Å²) in [6.07, 6.45) is 2.58. The number of nitrogens with one attached hydrogen (secondary N) is 1. The lowest BCUT2D eigenvalue weighted by Gasteiger charge is -1.96. The highest BCUT2D eigenvalue weighted by Gasteiger charge is 2.07. The van der Waals surface area contributed by atoms with Gasteiger partial charge >= 0.3 is 0 Å². The van der Waals surface area contributed by atoms with Gasteiger partial charge in [-0.15, -0.1) is 36.2 Å². The lowest BCUT2D eigenvalue weighted by Crippen LogP contribution is -2.03. The smallest absolute Gasteiger partial charge is 0.101 e. The lowest BCUT2D eigenvalue weighted by atomic mass is 10.2. The maximum absolute atomic E-state index is 5.50. The van der Waals surface area contributed by atoms with Crippen molar-refractivity contribution in [3.05, 3.63) is 29.5 Å². The standard InChI is InChI=1S/C9H11N3S.2ClH/c10-4-3-7-9(12-6-11-7)8-2-1-5-13-8;;/h1-2,5-6H,3-4,10H2,(H,11,12);2*1H. The van der Waals surface area contributed by atoms with E-state index in [1.807, 2.05) is 6.07 Å². The Hall–Kier alpha value is -0.550. The van der Waals surface area contributed by atoms with Crippen molar-refractivity contribution in [1.29, 1.82) is 0 Å². The first-order valence-electron chi connectivity index (χ1n) is 4.18. The van der Waals surface area contributed by atoms with Gasteiger partial charge in [-0.25, -0.2) is 4.98 Å². The van der Waals surface area contributed by atoms with E-state index in [1.54, 1.807) is 17.7 Å². The number of hydrogen-bond acceptors (Lipinski definition) is 3. The Kier molecular flexibility index (Phi) is 6.60. The fourth-order valence-electron chi connectivity index (χ4n) is 1.28. The number of imidazole rings is 1. The van der Waals surface area contributed by atoms with E-state index in [4.69, 9.17) is 5.73 Å². The molecule has 0 aliphatic rings. The third-order valence-corrected chi connectivity index (χ3v) is 2.74. The monoisotopic (exact) mass is 265 g/mol. The topological polar surface area (TPSA) is 54.7 Å². The number of nitrogens with two attached hydrogens (primary N) is 1. The average Bonchev–Trinajstić information content (AvgIpc) is 2.71. The van der Waals surface area contributed by atoms with Gasteiger partial charge in [0.05, 0.1) is 11.2 Å². The molecule has 0 saturated carbocycles. The van der Waals surface area contributed by atoms with Crippen molar-refractivity contribution in [2.45, 2.75) is 6.42 Å². The van der Waals surface area contributed by atoms with Crippen LogP contribution >= 0.6 is 36.2 Å². The molecule has 0 fully saturated rings. The van der Waals surface area contributed by atoms with Crippen LogP contribution in [-0.4, -0.2) is 16.5 Å². The zero-order valence-electron chi connectivity index (χ0n) is 7.97. The number of aromatic amines is 1. The van der Waals surface area contributed by atoms with Crippen LogP contribution < -0.4 is 5.73 Å². The van der Waals surface area contributed by atoms with E-state index in [0.29, 0.717) is 6.54 Å². The molecule has 84 valence electrons. The molecule has 0 aromatic carbocycles. The third-order valence-electron chi connectivity index (χ3n) is 1.87. The van der Waals surface area contributed by atoms with Crippen molar-refractivity contribution in [1.82, 2.24) is 9.97 Å². The van der Waals surface area contributed by atoms with Crippen molar-refractivity contribution >= 4 is 36.2 Å². The summed E-state index contributed by atoms with van der Waals surface area (Å²) >= 11 is 1.70. The van der Waals surface area contributed by atoms with Crippen LogP contribution in [0.5, 0.6) is 0 Å². The first-order valence-corrected chi connectivity index (χ1v) is 5.06. The Balaban J connectivity index is 0.000000980. The summed E-state index contributed by atoms with van der Waals surface area (Å²) < 4.78 is 0. The van der Waals surface area contributed by atoms with E-state index in [9.17, 15) is 0 Å². The van der Waals surface area contributed by atoms with Crippen LogP contribution in [0.4, 0.5) is 0 Å². The van der Waals surface area contributed by atoms with Gasteiger partial charge in [0, 0.05) is 12.1 Å². The van der Waals surface area contributed by atoms with Crippen LogP contribution in [0.15, 0.2) is 23.8 Å². The van der Waals surface area contributed by atoms with Crippen LogP contribution in [0.25, 0.3) is 10.6 Å². The Morgan fingerprint density at radius 1 is 1.40 bits per heavy atom. The van der Waals surface area contributed by atoms with Gasteiger partial charge in [0.1, 0.15) is 5.69 Å². The maximum Gasteiger partial charge on any atom is 0.101 e. The fourth-order valence-corrected chi connectivity index (χ4v) is 2.03. The molecule has 0 radical (unpaired) electrons. The van der Waals surface area contributed by atoms with Gasteiger partial charge in [0.15, 0.2) is 0 Å². The average molecular weight is 266 g/mol. The number of halogens is 2. The second-order valence-electron chi connectivity index (χ2n) is 2.75. The first-order chi connectivity index (χ1) is 6.42. The van der Waals surface area contributed by atoms with Gasteiger partial charge in [0.25, 0.3) is 0 Å². The van der Waals surface area contributed by atoms with Gasteiger partial charge in [-0.2, -0.15) is 0 Å². The summed E-state index contributed by atoms with van der Waals surface area (Å²) in [6.45, 7) is 0.653. The van der Waals surface area contributed by atoms with Crippen molar-refractivity contribution in [2.75, 3.05) is 6.54 Å². The molecular weight excluding hydrogens is 253 g/mol. The number of thiophene rings is 1. The van der Waals surface area contributed by atoms with Gasteiger partial charge < -0.3 is 10.7 Å². The first kappa shape index (κ1) is 14.5. The minimum Gasteiger partial charge on any atom is -0.348 e. The highest BCUT2D eigenvalue weighted by molar-refractivity contribution is 7.13. The molecule has 0 bridgehead atoms. The van der Waals surface area contributed by atoms with Crippen molar-refractivity contribution in [2.24, 2.45) is 5.73 Å².